The number of fused-ring (bicyclic) bond motifs is 5. The van der Waals surface area contributed by atoms with Crippen LogP contribution in [0, 0.1) is 45.3 Å². The van der Waals surface area contributed by atoms with Crippen LogP contribution in [0.5, 0.6) is 0 Å². The second kappa shape index (κ2) is 15.0. The fourth-order valence-electron chi connectivity index (χ4n) is 12.6. The summed E-state index contributed by atoms with van der Waals surface area (Å²) in [6.45, 7) is 18.3. The lowest BCUT2D eigenvalue weighted by molar-refractivity contribution is -0.314. The lowest BCUT2D eigenvalue weighted by Crippen LogP contribution is -2.60. The summed E-state index contributed by atoms with van der Waals surface area (Å²) in [5, 5.41) is 62.1. The highest BCUT2D eigenvalue weighted by Crippen LogP contribution is 2.75. The summed E-state index contributed by atoms with van der Waals surface area (Å²) in [5.41, 5.74) is 1.38. The molecule has 3 saturated carbocycles. The van der Waals surface area contributed by atoms with Crippen LogP contribution in [0.3, 0.4) is 0 Å². The monoisotopic (exact) mass is 737 g/mol. The van der Waals surface area contributed by atoms with Gasteiger partial charge >= 0.3 is 0 Å². The third-order valence-corrected chi connectivity index (χ3v) is 16.0. The molecule has 3 unspecified atom stereocenters. The molecule has 2 heterocycles. The van der Waals surface area contributed by atoms with E-state index in [1.165, 1.54) is 37.7 Å². The molecule has 0 aromatic carbocycles. The highest BCUT2D eigenvalue weighted by atomic mass is 16.7. The van der Waals surface area contributed by atoms with Gasteiger partial charge in [0.15, 0.2) is 12.6 Å². The van der Waals surface area contributed by atoms with Gasteiger partial charge in [-0.15, -0.1) is 0 Å². The SMILES string of the molecule is C[C@H](CCCC(C)(C)O)C1CC[C@@]2(C)C3CC=C4C(CC[C@H](O[C@@H]5O[C@H](CO[C@H]6O[C@H](CO)[C@@H](O)C[C@H]6O)C[C@H](O)[C@H]5O)C4(C)C)[C@]3(C)CC[C@]12C. The number of aliphatic hydroxyl groups is 6. The van der Waals surface area contributed by atoms with Crippen LogP contribution in [0.2, 0.25) is 0 Å². The lowest BCUT2D eigenvalue weighted by atomic mass is 9.39. The molecular formula is C42H72O10. The summed E-state index contributed by atoms with van der Waals surface area (Å²) < 4.78 is 24.3. The Morgan fingerprint density at radius 1 is 0.885 bits per heavy atom. The lowest BCUT2D eigenvalue weighted by Gasteiger charge is -2.66. The highest BCUT2D eigenvalue weighted by Gasteiger charge is 2.67. The molecule has 2 saturated heterocycles. The van der Waals surface area contributed by atoms with Crippen LogP contribution in [-0.2, 0) is 18.9 Å². The molecule has 0 amide bonds. The van der Waals surface area contributed by atoms with Crippen LogP contribution in [0.1, 0.15) is 132 Å². The molecule has 4 aliphatic carbocycles. The normalized spacial score (nSPS) is 48.3. The topological polar surface area (TPSA) is 158 Å². The average Bonchev–Trinajstić information content (AvgIpc) is 3.34. The fraction of sp³-hybridized carbons (Fsp3) is 0.952. The van der Waals surface area contributed by atoms with Gasteiger partial charge in [0.2, 0.25) is 0 Å². The van der Waals surface area contributed by atoms with E-state index in [1.54, 1.807) is 0 Å². The van der Waals surface area contributed by atoms with E-state index >= 15 is 0 Å². The van der Waals surface area contributed by atoms with Crippen molar-refractivity contribution in [3.05, 3.63) is 11.6 Å². The van der Waals surface area contributed by atoms with Crippen LogP contribution in [0.4, 0.5) is 0 Å². The minimum atomic E-state index is -1.21. The van der Waals surface area contributed by atoms with Crippen molar-refractivity contribution in [2.75, 3.05) is 13.2 Å². The zero-order valence-electron chi connectivity index (χ0n) is 33.3. The quantitative estimate of drug-likeness (QED) is 0.155. The molecule has 2 aliphatic heterocycles. The van der Waals surface area contributed by atoms with Gasteiger partial charge in [-0.25, -0.2) is 0 Å². The van der Waals surface area contributed by atoms with Crippen LogP contribution < -0.4 is 0 Å². The third-order valence-electron chi connectivity index (χ3n) is 16.0. The number of rotatable bonds is 11. The molecule has 10 heteroatoms. The number of hydrogen-bond donors (Lipinski definition) is 6. The van der Waals surface area contributed by atoms with Crippen molar-refractivity contribution in [1.82, 2.24) is 0 Å². The Morgan fingerprint density at radius 2 is 1.62 bits per heavy atom. The first-order chi connectivity index (χ1) is 24.2. The molecule has 6 N–H and O–H groups in total. The Kier molecular flexibility index (Phi) is 11.8. The van der Waals surface area contributed by atoms with Crippen molar-refractivity contribution in [2.45, 2.75) is 193 Å². The van der Waals surface area contributed by atoms with Crippen LogP contribution in [0.25, 0.3) is 0 Å². The summed E-state index contributed by atoms with van der Waals surface area (Å²) in [6, 6.07) is 0. The number of ether oxygens (including phenoxy) is 4. The minimum Gasteiger partial charge on any atom is -0.394 e. The Bertz CT molecular complexity index is 1270. The molecule has 6 aliphatic rings. The van der Waals surface area contributed by atoms with Gasteiger partial charge < -0.3 is 49.6 Å². The Balaban J connectivity index is 1.12. The summed E-state index contributed by atoms with van der Waals surface area (Å²) >= 11 is 0. The van der Waals surface area contributed by atoms with Crippen molar-refractivity contribution in [1.29, 1.82) is 0 Å². The summed E-state index contributed by atoms with van der Waals surface area (Å²) in [4.78, 5) is 0. The molecule has 0 aromatic heterocycles. The molecule has 0 aromatic rings. The molecule has 300 valence electrons. The Labute approximate surface area is 312 Å². The molecule has 10 nitrogen and oxygen atoms in total. The van der Waals surface area contributed by atoms with Crippen LogP contribution in [0.15, 0.2) is 11.6 Å². The highest BCUT2D eigenvalue weighted by molar-refractivity contribution is 5.30. The predicted octanol–water partition coefficient (Wildman–Crippen LogP) is 5.24. The maximum atomic E-state index is 11.0. The van der Waals surface area contributed by atoms with Gasteiger partial charge in [-0.2, -0.15) is 0 Å². The van der Waals surface area contributed by atoms with Gasteiger partial charge in [0, 0.05) is 18.3 Å². The smallest absolute Gasteiger partial charge is 0.186 e. The van der Waals surface area contributed by atoms with Crippen molar-refractivity contribution in [2.24, 2.45) is 45.3 Å². The zero-order chi connectivity index (χ0) is 38.0. The first-order valence-electron chi connectivity index (χ1n) is 20.6. The minimum absolute atomic E-state index is 0.0151. The van der Waals surface area contributed by atoms with E-state index in [4.69, 9.17) is 18.9 Å². The standard InChI is InChI=1S/C42H72O10/c1-24(10-9-16-38(2,3)48)26-15-17-42(8)33-13-11-27-28(40(33,6)18-19-41(26,42)7)12-14-34(39(27,4)5)52-37-35(47)30(45)20-25(50-37)23-49-36-31(46)21-29(44)32(22-43)51-36/h11,24-26,28-37,43-48H,9-10,12-23H2,1-8H3/t24-,25+,26?,28?,29+,30+,31-,32-,33?,34+,35-,36+,37+,40+,41-,42+/m1/s1. The number of allylic oxidation sites excluding steroid dienone is 1. The molecule has 0 radical (unpaired) electrons. The fourth-order valence-corrected chi connectivity index (χ4v) is 12.6. The second-order valence-corrected chi connectivity index (χ2v) is 19.9. The number of aliphatic hydroxyl groups excluding tert-OH is 5. The van der Waals surface area contributed by atoms with Gasteiger partial charge in [-0.05, 0) is 105 Å². The molecule has 52 heavy (non-hydrogen) atoms. The van der Waals surface area contributed by atoms with E-state index in [2.05, 4.69) is 47.6 Å². The summed E-state index contributed by atoms with van der Waals surface area (Å²) in [7, 11) is 0. The first-order valence-corrected chi connectivity index (χ1v) is 20.6. The molecule has 0 bridgehead atoms. The van der Waals surface area contributed by atoms with Crippen LogP contribution >= 0.6 is 0 Å². The van der Waals surface area contributed by atoms with Gasteiger partial charge in [0.05, 0.1) is 43.2 Å². The summed E-state index contributed by atoms with van der Waals surface area (Å²) in [5.74, 6) is 2.46. The molecular weight excluding hydrogens is 664 g/mol. The van der Waals surface area contributed by atoms with E-state index < -0.39 is 61.4 Å². The Hall–Kier alpha value is -0.660. The van der Waals surface area contributed by atoms with E-state index in [0.29, 0.717) is 29.1 Å². The van der Waals surface area contributed by atoms with Crippen molar-refractivity contribution >= 4 is 0 Å². The van der Waals surface area contributed by atoms with Gasteiger partial charge in [0.25, 0.3) is 0 Å². The average molecular weight is 737 g/mol. The summed E-state index contributed by atoms with van der Waals surface area (Å²) in [6.07, 6.45) is 5.75. The van der Waals surface area contributed by atoms with E-state index in [9.17, 15) is 30.6 Å². The van der Waals surface area contributed by atoms with Crippen LogP contribution in [-0.4, -0.2) is 105 Å². The largest absolute Gasteiger partial charge is 0.394 e. The molecule has 5 fully saturated rings. The third kappa shape index (κ3) is 7.34. The maximum absolute atomic E-state index is 11.0. The van der Waals surface area contributed by atoms with Crippen molar-refractivity contribution in [3.8, 4) is 0 Å². The Morgan fingerprint density at radius 3 is 2.31 bits per heavy atom. The molecule has 6 rings (SSSR count). The zero-order valence-corrected chi connectivity index (χ0v) is 33.3. The van der Waals surface area contributed by atoms with E-state index in [0.717, 1.165) is 32.1 Å². The number of hydrogen-bond acceptors (Lipinski definition) is 10. The van der Waals surface area contributed by atoms with E-state index in [1.807, 2.05) is 13.8 Å². The van der Waals surface area contributed by atoms with Gasteiger partial charge in [0.1, 0.15) is 18.3 Å². The first kappa shape index (κ1) is 41.0. The van der Waals surface area contributed by atoms with Gasteiger partial charge in [-0.3, -0.25) is 0 Å². The molecule has 16 atom stereocenters. The van der Waals surface area contributed by atoms with Gasteiger partial charge in [-0.1, -0.05) is 66.0 Å². The predicted molar refractivity (Wildman–Crippen MR) is 197 cm³/mol. The molecule has 0 spiro atoms. The maximum Gasteiger partial charge on any atom is 0.186 e. The second-order valence-electron chi connectivity index (χ2n) is 19.9. The van der Waals surface area contributed by atoms with Crippen molar-refractivity contribution < 1.29 is 49.6 Å². The van der Waals surface area contributed by atoms with Crippen molar-refractivity contribution in [3.63, 3.8) is 0 Å². The van der Waals surface area contributed by atoms with E-state index in [-0.39, 0.29) is 41.8 Å².